The Bertz CT molecular complexity index is 61.1. The third kappa shape index (κ3) is 10.4. The topological polar surface area (TPSA) is 29.5 Å². The van der Waals surface area contributed by atoms with Crippen LogP contribution in [-0.4, -0.2) is 17.2 Å². The second-order valence-corrected chi connectivity index (χ2v) is 3.44. The highest BCUT2D eigenvalue weighted by Gasteiger charge is 1.90. The molecule has 0 spiro atoms. The van der Waals surface area contributed by atoms with Crippen LogP contribution < -0.4 is 0 Å². The van der Waals surface area contributed by atoms with Gasteiger partial charge in [0, 0.05) is 5.33 Å². The second kappa shape index (κ2) is 10.4. The maximum atomic E-state index is 8.00. The van der Waals surface area contributed by atoms with E-state index < -0.39 is 0 Å². The van der Waals surface area contributed by atoms with E-state index in [0.717, 1.165) is 11.8 Å². The largest absolute Gasteiger partial charge is 0.252 e. The summed E-state index contributed by atoms with van der Waals surface area (Å²) in [6.45, 7) is 0.485. The van der Waals surface area contributed by atoms with Crippen molar-refractivity contribution in [3.8, 4) is 0 Å². The highest BCUT2D eigenvalue weighted by atomic mass is 79.9. The Balaban J connectivity index is 2.69. The first-order valence-electron chi connectivity index (χ1n) is 4.24. The van der Waals surface area contributed by atoms with E-state index >= 15 is 0 Å². The van der Waals surface area contributed by atoms with Crippen LogP contribution in [0.25, 0.3) is 0 Å². The predicted molar refractivity (Wildman–Crippen MR) is 50.1 cm³/mol. The van der Waals surface area contributed by atoms with Crippen LogP contribution >= 0.6 is 15.9 Å². The van der Waals surface area contributed by atoms with Crippen LogP contribution in [-0.2, 0) is 4.89 Å². The zero-order chi connectivity index (χ0) is 8.36. The average Bonchev–Trinajstić information content (AvgIpc) is 2.03. The van der Waals surface area contributed by atoms with Crippen LogP contribution in [0.3, 0.4) is 0 Å². The normalized spacial score (nSPS) is 10.4. The van der Waals surface area contributed by atoms with Gasteiger partial charge in [-0.05, 0) is 12.8 Å². The molecule has 2 nitrogen and oxygen atoms in total. The van der Waals surface area contributed by atoms with Gasteiger partial charge in [-0.15, -0.1) is 0 Å². The Labute approximate surface area is 77.0 Å². The number of rotatable bonds is 8. The maximum absolute atomic E-state index is 8.00. The fraction of sp³-hybridized carbons (Fsp3) is 1.00. The number of halogens is 1. The summed E-state index contributed by atoms with van der Waals surface area (Å²) in [4.78, 5) is 3.96. The van der Waals surface area contributed by atoms with Crippen molar-refractivity contribution in [3.63, 3.8) is 0 Å². The molecule has 0 rings (SSSR count). The minimum atomic E-state index is 0.485. The van der Waals surface area contributed by atoms with Crippen molar-refractivity contribution in [3.05, 3.63) is 0 Å². The second-order valence-electron chi connectivity index (χ2n) is 2.64. The molecule has 0 fully saturated rings. The van der Waals surface area contributed by atoms with Crippen molar-refractivity contribution in [2.45, 2.75) is 38.5 Å². The summed E-state index contributed by atoms with van der Waals surface area (Å²) in [7, 11) is 0. The van der Waals surface area contributed by atoms with Gasteiger partial charge in [0.2, 0.25) is 0 Å². The summed E-state index contributed by atoms with van der Waals surface area (Å²) < 4.78 is 0. The molecule has 68 valence electrons. The Morgan fingerprint density at radius 3 is 2.00 bits per heavy atom. The minimum absolute atomic E-state index is 0.485. The SMILES string of the molecule is OOCCCCCCCCBr. The number of hydrogen-bond acceptors (Lipinski definition) is 2. The quantitative estimate of drug-likeness (QED) is 0.297. The lowest BCUT2D eigenvalue weighted by molar-refractivity contribution is -0.242. The standard InChI is InChI=1S/C8H17BrO2/c9-7-5-3-1-2-4-6-8-11-10/h10H,1-8H2. The Hall–Kier alpha value is 0.400. The van der Waals surface area contributed by atoms with Crippen molar-refractivity contribution in [1.82, 2.24) is 0 Å². The zero-order valence-electron chi connectivity index (χ0n) is 6.89. The number of alkyl halides is 1. The molecule has 0 aromatic carbocycles. The Morgan fingerprint density at radius 1 is 0.909 bits per heavy atom. The van der Waals surface area contributed by atoms with E-state index in [9.17, 15) is 0 Å². The van der Waals surface area contributed by atoms with Crippen molar-refractivity contribution >= 4 is 15.9 Å². The summed E-state index contributed by atoms with van der Waals surface area (Å²) in [6.07, 6.45) is 7.29. The molecule has 0 radical (unpaired) electrons. The monoisotopic (exact) mass is 224 g/mol. The van der Waals surface area contributed by atoms with Gasteiger partial charge in [0.1, 0.15) is 0 Å². The molecular weight excluding hydrogens is 208 g/mol. The molecule has 0 aliphatic heterocycles. The minimum Gasteiger partial charge on any atom is -0.252 e. The van der Waals surface area contributed by atoms with Gasteiger partial charge in [0.15, 0.2) is 0 Å². The van der Waals surface area contributed by atoms with Crippen molar-refractivity contribution in [1.29, 1.82) is 0 Å². The lowest BCUT2D eigenvalue weighted by Crippen LogP contribution is -1.88. The van der Waals surface area contributed by atoms with Gasteiger partial charge < -0.3 is 0 Å². The molecule has 0 aliphatic carbocycles. The van der Waals surface area contributed by atoms with Crippen LogP contribution in [0, 0.1) is 0 Å². The van der Waals surface area contributed by atoms with Gasteiger partial charge in [-0.1, -0.05) is 41.6 Å². The van der Waals surface area contributed by atoms with Crippen LogP contribution in [0.1, 0.15) is 38.5 Å². The highest BCUT2D eigenvalue weighted by Crippen LogP contribution is 2.06. The molecule has 0 saturated heterocycles. The van der Waals surface area contributed by atoms with Gasteiger partial charge in [0.25, 0.3) is 0 Å². The summed E-state index contributed by atoms with van der Waals surface area (Å²) >= 11 is 3.39. The van der Waals surface area contributed by atoms with Gasteiger partial charge >= 0.3 is 0 Å². The first-order chi connectivity index (χ1) is 5.41. The molecule has 0 amide bonds. The first kappa shape index (κ1) is 11.4. The van der Waals surface area contributed by atoms with E-state index in [0.29, 0.717) is 6.61 Å². The summed E-state index contributed by atoms with van der Waals surface area (Å²) in [5.41, 5.74) is 0. The van der Waals surface area contributed by atoms with E-state index in [1.165, 1.54) is 32.1 Å². The Kier molecular flexibility index (Phi) is 10.8. The fourth-order valence-corrected chi connectivity index (χ4v) is 1.36. The molecule has 0 unspecified atom stereocenters. The predicted octanol–water partition coefficient (Wildman–Crippen LogP) is 3.21. The first-order valence-corrected chi connectivity index (χ1v) is 5.36. The molecule has 0 bridgehead atoms. The van der Waals surface area contributed by atoms with E-state index in [2.05, 4.69) is 20.8 Å². The highest BCUT2D eigenvalue weighted by molar-refractivity contribution is 9.09. The third-order valence-corrected chi connectivity index (χ3v) is 2.18. The summed E-state index contributed by atoms with van der Waals surface area (Å²) in [5.74, 6) is 0. The Morgan fingerprint density at radius 2 is 1.45 bits per heavy atom. The third-order valence-electron chi connectivity index (χ3n) is 1.62. The molecular formula is C8H17BrO2. The zero-order valence-corrected chi connectivity index (χ0v) is 8.48. The smallest absolute Gasteiger partial charge is 0.0819 e. The average molecular weight is 225 g/mol. The van der Waals surface area contributed by atoms with E-state index in [-0.39, 0.29) is 0 Å². The van der Waals surface area contributed by atoms with Gasteiger partial charge in [-0.2, -0.15) is 0 Å². The van der Waals surface area contributed by atoms with Crippen LogP contribution in [0.5, 0.6) is 0 Å². The summed E-state index contributed by atoms with van der Waals surface area (Å²) in [6, 6.07) is 0. The fourth-order valence-electron chi connectivity index (χ4n) is 0.968. The lowest BCUT2D eigenvalue weighted by atomic mass is 10.1. The number of unbranched alkanes of at least 4 members (excludes halogenated alkanes) is 5. The molecule has 11 heavy (non-hydrogen) atoms. The van der Waals surface area contributed by atoms with Crippen LogP contribution in [0.4, 0.5) is 0 Å². The lowest BCUT2D eigenvalue weighted by Gasteiger charge is -1.98. The molecule has 0 aliphatic rings. The van der Waals surface area contributed by atoms with Gasteiger partial charge in [-0.25, -0.2) is 4.89 Å². The van der Waals surface area contributed by atoms with E-state index in [1.807, 2.05) is 0 Å². The van der Waals surface area contributed by atoms with Crippen LogP contribution in [0.15, 0.2) is 0 Å². The van der Waals surface area contributed by atoms with Crippen molar-refractivity contribution < 1.29 is 10.1 Å². The molecule has 0 aromatic heterocycles. The molecule has 0 aromatic rings. The molecule has 0 heterocycles. The van der Waals surface area contributed by atoms with Crippen LogP contribution in [0.2, 0.25) is 0 Å². The molecule has 3 heteroatoms. The molecule has 1 N–H and O–H groups in total. The van der Waals surface area contributed by atoms with Crippen molar-refractivity contribution in [2.24, 2.45) is 0 Å². The van der Waals surface area contributed by atoms with Gasteiger partial charge in [0.05, 0.1) is 6.61 Å². The maximum Gasteiger partial charge on any atom is 0.0819 e. The summed E-state index contributed by atoms with van der Waals surface area (Å²) in [5, 5.41) is 9.12. The van der Waals surface area contributed by atoms with Crippen molar-refractivity contribution in [2.75, 3.05) is 11.9 Å². The number of hydrogen-bond donors (Lipinski definition) is 1. The van der Waals surface area contributed by atoms with Gasteiger partial charge in [-0.3, -0.25) is 5.26 Å². The molecule has 0 saturated carbocycles. The van der Waals surface area contributed by atoms with E-state index in [1.54, 1.807) is 0 Å². The van der Waals surface area contributed by atoms with E-state index in [4.69, 9.17) is 5.26 Å². The molecule has 0 atom stereocenters.